The largest absolute Gasteiger partial charge is 0.454 e. The van der Waals surface area contributed by atoms with Crippen LogP contribution in [0.25, 0.3) is 0 Å². The molecule has 2 rings (SSSR count). The number of guanidine groups is 1. The van der Waals surface area contributed by atoms with Gasteiger partial charge in [-0.15, -0.1) is 0 Å². The number of hydrogen-bond donors (Lipinski definition) is 3. The number of aliphatic imine (C=N–C) groups is 1. The Morgan fingerprint density at radius 2 is 1.96 bits per heavy atom. The number of carbonyl (C=O) groups excluding carboxylic acids is 1. The van der Waals surface area contributed by atoms with Crippen LogP contribution in [0.5, 0.6) is 0 Å². The molecule has 1 aromatic carbocycles. The second-order valence-corrected chi connectivity index (χ2v) is 4.86. The molecular weight excluding hydrogens is 299 g/mol. The second-order valence-electron chi connectivity index (χ2n) is 4.86. The van der Waals surface area contributed by atoms with Crippen molar-refractivity contribution in [2.75, 3.05) is 13.6 Å². The number of amides is 1. The zero-order valence-electron chi connectivity index (χ0n) is 12.8. The number of hydrogen-bond acceptors (Lipinski definition) is 3. The maximum absolute atomic E-state index is 12.8. The van der Waals surface area contributed by atoms with Gasteiger partial charge in [-0.3, -0.25) is 9.79 Å². The molecular formula is C16H19FN4O2. The Bertz CT molecular complexity index is 680. The van der Waals surface area contributed by atoms with E-state index < -0.39 is 5.91 Å². The predicted octanol–water partition coefficient (Wildman–Crippen LogP) is 1.43. The highest BCUT2D eigenvalue weighted by Gasteiger charge is 2.07. The van der Waals surface area contributed by atoms with Gasteiger partial charge < -0.3 is 20.8 Å². The maximum Gasteiger partial charge on any atom is 0.284 e. The fraction of sp³-hybridized carbons (Fsp3) is 0.250. The molecule has 0 spiro atoms. The first kappa shape index (κ1) is 16.5. The first-order valence-corrected chi connectivity index (χ1v) is 7.16. The normalized spacial score (nSPS) is 11.3. The van der Waals surface area contributed by atoms with Crippen LogP contribution in [0.4, 0.5) is 4.39 Å². The van der Waals surface area contributed by atoms with E-state index in [1.807, 2.05) is 0 Å². The van der Waals surface area contributed by atoms with Crippen LogP contribution in [0.3, 0.4) is 0 Å². The number of nitrogens with zero attached hydrogens (tertiary/aromatic N) is 1. The van der Waals surface area contributed by atoms with Crippen LogP contribution in [0.15, 0.2) is 45.8 Å². The summed E-state index contributed by atoms with van der Waals surface area (Å²) in [6.07, 6.45) is 0.744. The van der Waals surface area contributed by atoms with Crippen molar-refractivity contribution >= 4 is 11.9 Å². The first-order chi connectivity index (χ1) is 11.1. The van der Waals surface area contributed by atoms with E-state index in [2.05, 4.69) is 15.6 Å². The lowest BCUT2D eigenvalue weighted by Crippen LogP contribution is -2.37. The number of benzene rings is 1. The molecule has 7 heteroatoms. The number of halogens is 1. The monoisotopic (exact) mass is 318 g/mol. The Morgan fingerprint density at radius 1 is 1.22 bits per heavy atom. The number of rotatable bonds is 6. The van der Waals surface area contributed by atoms with E-state index in [-0.39, 0.29) is 11.6 Å². The highest BCUT2D eigenvalue weighted by molar-refractivity contribution is 5.89. The van der Waals surface area contributed by atoms with Crippen LogP contribution in [-0.2, 0) is 13.0 Å². The smallest absolute Gasteiger partial charge is 0.284 e. The summed E-state index contributed by atoms with van der Waals surface area (Å²) in [7, 11) is 1.66. The van der Waals surface area contributed by atoms with Gasteiger partial charge in [-0.05, 0) is 36.2 Å². The molecule has 0 radical (unpaired) electrons. The van der Waals surface area contributed by atoms with Gasteiger partial charge in [0.1, 0.15) is 11.6 Å². The van der Waals surface area contributed by atoms with E-state index in [4.69, 9.17) is 10.2 Å². The minimum absolute atomic E-state index is 0.126. The van der Waals surface area contributed by atoms with Crippen molar-refractivity contribution in [1.29, 1.82) is 0 Å². The molecule has 0 unspecified atom stereocenters. The van der Waals surface area contributed by atoms with Crippen LogP contribution in [0, 0.1) is 5.82 Å². The van der Waals surface area contributed by atoms with Gasteiger partial charge in [-0.1, -0.05) is 12.1 Å². The fourth-order valence-corrected chi connectivity index (χ4v) is 1.97. The van der Waals surface area contributed by atoms with Crippen LogP contribution in [0.2, 0.25) is 0 Å². The maximum atomic E-state index is 12.8. The lowest BCUT2D eigenvalue weighted by molar-refractivity contribution is 0.0972. The van der Waals surface area contributed by atoms with E-state index in [9.17, 15) is 9.18 Å². The molecule has 2 aromatic rings. The molecule has 1 aromatic heterocycles. The lowest BCUT2D eigenvalue weighted by Gasteiger charge is -2.11. The summed E-state index contributed by atoms with van der Waals surface area (Å²) in [6, 6.07) is 9.59. The van der Waals surface area contributed by atoms with Crippen LogP contribution < -0.4 is 16.4 Å². The third kappa shape index (κ3) is 5.14. The first-order valence-electron chi connectivity index (χ1n) is 7.16. The number of furan rings is 1. The van der Waals surface area contributed by atoms with Crippen molar-refractivity contribution in [1.82, 2.24) is 10.6 Å². The summed E-state index contributed by atoms with van der Waals surface area (Å²) in [4.78, 5) is 15.0. The average Bonchev–Trinajstić information content (AvgIpc) is 3.01. The molecule has 6 nitrogen and oxygen atoms in total. The van der Waals surface area contributed by atoms with Gasteiger partial charge in [-0.2, -0.15) is 0 Å². The molecule has 4 N–H and O–H groups in total. The van der Waals surface area contributed by atoms with Crippen molar-refractivity contribution in [3.05, 3.63) is 59.3 Å². The molecule has 0 saturated heterocycles. The predicted molar refractivity (Wildman–Crippen MR) is 85.5 cm³/mol. The van der Waals surface area contributed by atoms with Crippen LogP contribution >= 0.6 is 0 Å². The lowest BCUT2D eigenvalue weighted by atomic mass is 10.1. The highest BCUT2D eigenvalue weighted by atomic mass is 19.1. The minimum atomic E-state index is -0.599. The third-order valence-electron chi connectivity index (χ3n) is 3.18. The summed E-state index contributed by atoms with van der Waals surface area (Å²) in [5.74, 6) is 0.469. The molecule has 1 heterocycles. The van der Waals surface area contributed by atoms with E-state index in [0.29, 0.717) is 24.8 Å². The molecule has 1 amide bonds. The van der Waals surface area contributed by atoms with Gasteiger partial charge in [0.2, 0.25) is 0 Å². The number of primary amides is 1. The highest BCUT2D eigenvalue weighted by Crippen LogP contribution is 2.06. The topological polar surface area (TPSA) is 92.6 Å². The SMILES string of the molecule is CN=C(NCCc1ccc(F)cc1)NCc1ccc(C(N)=O)o1. The average molecular weight is 318 g/mol. The van der Waals surface area contributed by atoms with E-state index in [0.717, 1.165) is 12.0 Å². The van der Waals surface area contributed by atoms with Gasteiger partial charge in [0, 0.05) is 13.6 Å². The molecule has 0 saturated carbocycles. The zero-order valence-corrected chi connectivity index (χ0v) is 12.8. The summed E-state index contributed by atoms with van der Waals surface area (Å²) in [5.41, 5.74) is 6.16. The van der Waals surface area contributed by atoms with Gasteiger partial charge in [0.25, 0.3) is 5.91 Å². The quantitative estimate of drug-likeness (QED) is 0.555. The minimum Gasteiger partial charge on any atom is -0.454 e. The number of nitrogens with one attached hydrogen (secondary N) is 2. The molecule has 0 aliphatic heterocycles. The molecule has 0 atom stereocenters. The summed E-state index contributed by atoms with van der Waals surface area (Å²) < 4.78 is 18.1. The van der Waals surface area contributed by atoms with E-state index in [1.165, 1.54) is 18.2 Å². The van der Waals surface area contributed by atoms with Gasteiger partial charge in [0.05, 0.1) is 6.54 Å². The molecule has 23 heavy (non-hydrogen) atoms. The van der Waals surface area contributed by atoms with Gasteiger partial charge in [-0.25, -0.2) is 4.39 Å². The Kier molecular flexibility index (Phi) is 5.74. The Morgan fingerprint density at radius 3 is 2.57 bits per heavy atom. The number of carbonyl (C=O) groups is 1. The third-order valence-corrected chi connectivity index (χ3v) is 3.18. The molecule has 0 bridgehead atoms. The summed E-state index contributed by atoms with van der Waals surface area (Å²) >= 11 is 0. The molecule has 0 aliphatic rings. The van der Waals surface area contributed by atoms with Gasteiger partial charge >= 0.3 is 0 Å². The van der Waals surface area contributed by atoms with E-state index >= 15 is 0 Å². The second kappa shape index (κ2) is 7.98. The molecule has 0 fully saturated rings. The van der Waals surface area contributed by atoms with Crippen LogP contribution in [-0.4, -0.2) is 25.5 Å². The van der Waals surface area contributed by atoms with Crippen molar-refractivity contribution in [2.45, 2.75) is 13.0 Å². The van der Waals surface area contributed by atoms with Crippen molar-refractivity contribution in [2.24, 2.45) is 10.7 Å². The van der Waals surface area contributed by atoms with Crippen molar-refractivity contribution in [3.8, 4) is 0 Å². The molecule has 0 aliphatic carbocycles. The Balaban J connectivity index is 1.76. The summed E-state index contributed by atoms with van der Waals surface area (Å²) in [5, 5.41) is 6.21. The number of nitrogens with two attached hydrogens (primary N) is 1. The van der Waals surface area contributed by atoms with E-state index in [1.54, 1.807) is 25.2 Å². The fourth-order valence-electron chi connectivity index (χ4n) is 1.97. The van der Waals surface area contributed by atoms with Gasteiger partial charge in [0.15, 0.2) is 11.7 Å². The summed E-state index contributed by atoms with van der Waals surface area (Å²) in [6.45, 7) is 1.03. The molecule has 122 valence electrons. The zero-order chi connectivity index (χ0) is 16.7. The van der Waals surface area contributed by atoms with Crippen molar-refractivity contribution in [3.63, 3.8) is 0 Å². The van der Waals surface area contributed by atoms with Crippen molar-refractivity contribution < 1.29 is 13.6 Å². The van der Waals surface area contributed by atoms with Crippen LogP contribution in [0.1, 0.15) is 21.9 Å². The Labute approximate surface area is 133 Å². The standard InChI is InChI=1S/C16H19FN4O2/c1-19-16(20-9-8-11-2-4-12(17)5-3-11)21-10-13-6-7-14(23-13)15(18)22/h2-7H,8-10H2,1H3,(H2,18,22)(H2,19,20,21). The Hall–Kier alpha value is -2.83.